The molecule has 1 rings (SSSR count). The van der Waals surface area contributed by atoms with Crippen molar-refractivity contribution < 1.29 is 14.6 Å². The predicted octanol–water partition coefficient (Wildman–Crippen LogP) is 3.03. The van der Waals surface area contributed by atoms with Gasteiger partial charge in [-0.1, -0.05) is 18.6 Å². The highest BCUT2D eigenvalue weighted by atomic mass is 16.7. The van der Waals surface area contributed by atoms with Crippen LogP contribution < -0.4 is 0 Å². The molecule has 0 saturated carbocycles. The molecule has 1 aliphatic heterocycles. The van der Waals surface area contributed by atoms with Crippen LogP contribution in [0.15, 0.2) is 11.6 Å². The highest BCUT2D eigenvalue weighted by molar-refractivity contribution is 4.98. The summed E-state index contributed by atoms with van der Waals surface area (Å²) in [5.74, 6) is 0. The molecule has 1 heterocycles. The first-order chi connectivity index (χ1) is 8.22. The zero-order chi connectivity index (χ0) is 12.5. The summed E-state index contributed by atoms with van der Waals surface area (Å²) in [6, 6.07) is 0. The molecule has 0 spiro atoms. The Hall–Kier alpha value is -0.380. The molecule has 2 atom stereocenters. The lowest BCUT2D eigenvalue weighted by molar-refractivity contribution is -0.155. The average Bonchev–Trinajstić information content (AvgIpc) is 2.37. The minimum Gasteiger partial charge on any atom is -0.393 e. The lowest BCUT2D eigenvalue weighted by Gasteiger charge is -2.22. The summed E-state index contributed by atoms with van der Waals surface area (Å²) < 4.78 is 11.1. The van der Waals surface area contributed by atoms with E-state index in [-0.39, 0.29) is 12.4 Å². The summed E-state index contributed by atoms with van der Waals surface area (Å²) in [6.07, 6.45) is 7.93. The van der Waals surface area contributed by atoms with Gasteiger partial charge in [0.05, 0.1) is 12.7 Å². The summed E-state index contributed by atoms with van der Waals surface area (Å²) >= 11 is 0. The maximum absolute atomic E-state index is 9.46. The molecule has 0 aromatic carbocycles. The monoisotopic (exact) mass is 242 g/mol. The van der Waals surface area contributed by atoms with Crippen molar-refractivity contribution in [2.75, 3.05) is 13.2 Å². The van der Waals surface area contributed by atoms with Crippen LogP contribution in [0.5, 0.6) is 0 Å². The lowest BCUT2D eigenvalue weighted by atomic mass is 10.1. The van der Waals surface area contributed by atoms with Crippen LogP contribution in [0, 0.1) is 0 Å². The Morgan fingerprint density at radius 1 is 1.53 bits per heavy atom. The molecule has 1 saturated heterocycles. The molecule has 0 aliphatic carbocycles. The van der Waals surface area contributed by atoms with Gasteiger partial charge >= 0.3 is 0 Å². The van der Waals surface area contributed by atoms with E-state index in [1.165, 1.54) is 12.0 Å². The molecular weight excluding hydrogens is 216 g/mol. The van der Waals surface area contributed by atoms with Gasteiger partial charge in [-0.25, -0.2) is 0 Å². The van der Waals surface area contributed by atoms with E-state index in [4.69, 9.17) is 9.47 Å². The van der Waals surface area contributed by atoms with Crippen molar-refractivity contribution in [3.05, 3.63) is 11.6 Å². The Morgan fingerprint density at radius 3 is 3.00 bits per heavy atom. The topological polar surface area (TPSA) is 38.7 Å². The molecule has 1 aliphatic rings. The molecule has 0 aromatic heterocycles. The largest absolute Gasteiger partial charge is 0.393 e. The van der Waals surface area contributed by atoms with Gasteiger partial charge in [-0.2, -0.15) is 0 Å². The van der Waals surface area contributed by atoms with Crippen molar-refractivity contribution in [2.24, 2.45) is 0 Å². The van der Waals surface area contributed by atoms with E-state index in [0.717, 1.165) is 38.7 Å². The smallest absolute Gasteiger partial charge is 0.157 e. The second-order valence-corrected chi connectivity index (χ2v) is 4.78. The Balaban J connectivity index is 2.09. The van der Waals surface area contributed by atoms with Crippen molar-refractivity contribution in [1.29, 1.82) is 0 Å². The Labute approximate surface area is 105 Å². The van der Waals surface area contributed by atoms with Crippen LogP contribution in [0.4, 0.5) is 0 Å². The molecule has 0 aromatic rings. The first-order valence-corrected chi connectivity index (χ1v) is 6.79. The van der Waals surface area contributed by atoms with Gasteiger partial charge in [0.25, 0.3) is 0 Å². The number of aliphatic hydroxyl groups is 1. The molecule has 3 heteroatoms. The molecule has 0 radical (unpaired) electrons. The van der Waals surface area contributed by atoms with E-state index in [1.807, 2.05) is 6.92 Å². The highest BCUT2D eigenvalue weighted by Gasteiger charge is 2.12. The summed E-state index contributed by atoms with van der Waals surface area (Å²) in [6.45, 7) is 5.55. The summed E-state index contributed by atoms with van der Waals surface area (Å²) in [5, 5.41) is 9.46. The van der Waals surface area contributed by atoms with Crippen LogP contribution in [0.2, 0.25) is 0 Å². The van der Waals surface area contributed by atoms with Crippen molar-refractivity contribution >= 4 is 0 Å². The number of allylic oxidation sites excluding steroid dienone is 1. The zero-order valence-electron chi connectivity index (χ0n) is 11.2. The van der Waals surface area contributed by atoms with Crippen LogP contribution in [0.1, 0.15) is 52.4 Å². The third-order valence-electron chi connectivity index (χ3n) is 3.19. The van der Waals surface area contributed by atoms with E-state index < -0.39 is 0 Å². The molecule has 0 amide bonds. The average molecular weight is 242 g/mol. The van der Waals surface area contributed by atoms with Crippen LogP contribution in [-0.4, -0.2) is 30.7 Å². The first kappa shape index (κ1) is 14.7. The number of hydrogen-bond acceptors (Lipinski definition) is 3. The molecule has 1 fully saturated rings. The number of aliphatic hydroxyl groups excluding tert-OH is 1. The third kappa shape index (κ3) is 6.81. The number of hydrogen-bond donors (Lipinski definition) is 1. The minimum absolute atomic E-state index is 0.00553. The third-order valence-corrected chi connectivity index (χ3v) is 3.19. The summed E-state index contributed by atoms with van der Waals surface area (Å²) in [7, 11) is 0. The van der Waals surface area contributed by atoms with Gasteiger partial charge in [-0.15, -0.1) is 0 Å². The highest BCUT2D eigenvalue weighted by Crippen LogP contribution is 2.14. The van der Waals surface area contributed by atoms with Gasteiger partial charge in [0.1, 0.15) is 0 Å². The second-order valence-electron chi connectivity index (χ2n) is 4.78. The van der Waals surface area contributed by atoms with Crippen molar-refractivity contribution in [1.82, 2.24) is 0 Å². The van der Waals surface area contributed by atoms with E-state index in [2.05, 4.69) is 13.0 Å². The fourth-order valence-electron chi connectivity index (χ4n) is 1.84. The molecule has 17 heavy (non-hydrogen) atoms. The van der Waals surface area contributed by atoms with Crippen molar-refractivity contribution in [3.8, 4) is 0 Å². The summed E-state index contributed by atoms with van der Waals surface area (Å²) in [5.41, 5.74) is 1.29. The van der Waals surface area contributed by atoms with Crippen LogP contribution in [0.3, 0.4) is 0 Å². The van der Waals surface area contributed by atoms with Gasteiger partial charge in [-0.3, -0.25) is 0 Å². The fraction of sp³-hybridized carbons (Fsp3) is 0.857. The molecule has 1 N–H and O–H groups in total. The fourth-order valence-corrected chi connectivity index (χ4v) is 1.84. The van der Waals surface area contributed by atoms with E-state index in [1.54, 1.807) is 0 Å². The number of ether oxygens (including phenoxy) is 2. The maximum atomic E-state index is 9.46. The Kier molecular flexibility index (Phi) is 7.49. The Morgan fingerprint density at radius 2 is 2.35 bits per heavy atom. The van der Waals surface area contributed by atoms with Crippen LogP contribution in [-0.2, 0) is 9.47 Å². The first-order valence-electron chi connectivity index (χ1n) is 6.79. The molecular formula is C14H26O3. The maximum Gasteiger partial charge on any atom is 0.157 e. The molecule has 3 nitrogen and oxygen atoms in total. The van der Waals surface area contributed by atoms with Crippen LogP contribution in [0.25, 0.3) is 0 Å². The van der Waals surface area contributed by atoms with Gasteiger partial charge in [0.15, 0.2) is 6.29 Å². The van der Waals surface area contributed by atoms with Gasteiger partial charge < -0.3 is 14.6 Å². The van der Waals surface area contributed by atoms with Crippen LogP contribution >= 0.6 is 0 Å². The summed E-state index contributed by atoms with van der Waals surface area (Å²) in [4.78, 5) is 0. The van der Waals surface area contributed by atoms with Crippen molar-refractivity contribution in [3.63, 3.8) is 0 Å². The minimum atomic E-state index is -0.166. The van der Waals surface area contributed by atoms with Gasteiger partial charge in [0.2, 0.25) is 0 Å². The molecule has 2 unspecified atom stereocenters. The Bertz CT molecular complexity index is 220. The van der Waals surface area contributed by atoms with Gasteiger partial charge in [-0.05, 0) is 45.4 Å². The van der Waals surface area contributed by atoms with Crippen molar-refractivity contribution in [2.45, 2.75) is 64.8 Å². The van der Waals surface area contributed by atoms with E-state index in [0.29, 0.717) is 6.61 Å². The predicted molar refractivity (Wildman–Crippen MR) is 68.8 cm³/mol. The van der Waals surface area contributed by atoms with E-state index in [9.17, 15) is 5.11 Å². The molecule has 0 bridgehead atoms. The number of rotatable bonds is 7. The normalized spacial score (nSPS) is 23.7. The standard InChI is InChI=1S/C14H26O3/c1-3-13(15)8-7-12(2)9-11-17-14-6-4-5-10-16-14/h9,13-15H,3-8,10-11H2,1-2H3/b12-9+. The zero-order valence-corrected chi connectivity index (χ0v) is 11.2. The van der Waals surface area contributed by atoms with E-state index >= 15 is 0 Å². The SMILES string of the molecule is CCC(O)CC/C(C)=C/COC1CCCCO1. The lowest BCUT2D eigenvalue weighted by Crippen LogP contribution is -2.22. The van der Waals surface area contributed by atoms with Gasteiger partial charge in [0, 0.05) is 6.61 Å². The molecule has 100 valence electrons. The second kappa shape index (κ2) is 8.67. The quantitative estimate of drug-likeness (QED) is 0.697.